The maximum atomic E-state index is 12.5. The van der Waals surface area contributed by atoms with Crippen LogP contribution in [0.4, 0.5) is 0 Å². The summed E-state index contributed by atoms with van der Waals surface area (Å²) in [5.74, 6) is 1.69. The summed E-state index contributed by atoms with van der Waals surface area (Å²) in [5, 5.41) is 12.2. The molecule has 25 heavy (non-hydrogen) atoms. The Bertz CT molecular complexity index is 777. The minimum atomic E-state index is -0.0720. The standard InChI is InChI=1S/C17H22N4O2S2/c1-10(2)16-19-20-17(21(16)12-4-5-12)24-9-14(23)15-7-6-13(25-15)8-18-11(3)22/h6-7,10,12H,4-5,8-9H2,1-3H3,(H,18,22). The molecule has 1 fully saturated rings. The third-order valence-corrected chi connectivity index (χ3v) is 5.97. The summed E-state index contributed by atoms with van der Waals surface area (Å²) in [6, 6.07) is 4.22. The fourth-order valence-electron chi connectivity index (χ4n) is 2.49. The monoisotopic (exact) mass is 378 g/mol. The number of nitrogens with zero attached hydrogens (tertiary/aromatic N) is 3. The largest absolute Gasteiger partial charge is 0.351 e. The second-order valence-corrected chi connectivity index (χ2v) is 8.60. The first-order valence-corrected chi connectivity index (χ1v) is 10.2. The van der Waals surface area contributed by atoms with Crippen molar-refractivity contribution in [2.24, 2.45) is 0 Å². The minimum absolute atomic E-state index is 0.0720. The van der Waals surface area contributed by atoms with Crippen LogP contribution in [0.25, 0.3) is 0 Å². The van der Waals surface area contributed by atoms with Crippen molar-refractivity contribution >= 4 is 34.8 Å². The number of nitrogens with one attached hydrogen (secondary N) is 1. The van der Waals surface area contributed by atoms with Crippen LogP contribution in [0.1, 0.15) is 65.9 Å². The predicted octanol–water partition coefficient (Wildman–Crippen LogP) is 3.41. The Hall–Kier alpha value is -1.67. The molecule has 0 radical (unpaired) electrons. The van der Waals surface area contributed by atoms with Gasteiger partial charge in [0.2, 0.25) is 5.91 Å². The van der Waals surface area contributed by atoms with Crippen LogP contribution in [0.5, 0.6) is 0 Å². The van der Waals surface area contributed by atoms with Crippen molar-refractivity contribution in [2.45, 2.75) is 57.3 Å². The van der Waals surface area contributed by atoms with Gasteiger partial charge in [0.15, 0.2) is 10.9 Å². The van der Waals surface area contributed by atoms with Crippen molar-refractivity contribution in [3.63, 3.8) is 0 Å². The summed E-state index contributed by atoms with van der Waals surface area (Å²) < 4.78 is 2.21. The molecule has 8 heteroatoms. The lowest BCUT2D eigenvalue weighted by Gasteiger charge is -2.10. The van der Waals surface area contributed by atoms with Crippen LogP contribution < -0.4 is 5.32 Å². The highest BCUT2D eigenvalue weighted by Gasteiger charge is 2.30. The minimum Gasteiger partial charge on any atom is -0.351 e. The molecule has 1 aliphatic rings. The summed E-state index contributed by atoms with van der Waals surface area (Å²) in [4.78, 5) is 25.1. The van der Waals surface area contributed by atoms with Crippen LogP contribution in [0, 0.1) is 0 Å². The number of carbonyl (C=O) groups excluding carboxylic acids is 2. The zero-order chi connectivity index (χ0) is 18.0. The number of carbonyl (C=O) groups is 2. The number of hydrogen-bond acceptors (Lipinski definition) is 6. The lowest BCUT2D eigenvalue weighted by atomic mass is 10.2. The van der Waals surface area contributed by atoms with E-state index in [0.29, 0.717) is 24.3 Å². The number of thiophene rings is 1. The number of Topliss-reactive ketones (excluding diaryl/α,β-unsaturated/α-hetero) is 1. The fraction of sp³-hybridized carbons (Fsp3) is 0.529. The van der Waals surface area contributed by atoms with Gasteiger partial charge in [0.05, 0.1) is 17.2 Å². The van der Waals surface area contributed by atoms with Gasteiger partial charge in [-0.3, -0.25) is 9.59 Å². The van der Waals surface area contributed by atoms with Gasteiger partial charge >= 0.3 is 0 Å². The predicted molar refractivity (Wildman–Crippen MR) is 99.3 cm³/mol. The lowest BCUT2D eigenvalue weighted by Crippen LogP contribution is -2.18. The van der Waals surface area contributed by atoms with Crippen molar-refractivity contribution in [1.82, 2.24) is 20.1 Å². The second-order valence-electron chi connectivity index (χ2n) is 6.48. The van der Waals surface area contributed by atoms with Crippen molar-refractivity contribution in [2.75, 3.05) is 5.75 Å². The van der Waals surface area contributed by atoms with Gasteiger partial charge in [0.1, 0.15) is 5.82 Å². The molecule has 2 aromatic heterocycles. The molecule has 1 amide bonds. The Kier molecular flexibility index (Phi) is 5.58. The van der Waals surface area contributed by atoms with E-state index in [1.807, 2.05) is 12.1 Å². The van der Waals surface area contributed by atoms with E-state index in [4.69, 9.17) is 0 Å². The molecular weight excluding hydrogens is 356 g/mol. The van der Waals surface area contributed by atoms with Gasteiger partial charge in [0, 0.05) is 23.8 Å². The van der Waals surface area contributed by atoms with Crippen molar-refractivity contribution < 1.29 is 9.59 Å². The van der Waals surface area contributed by atoms with E-state index in [1.165, 1.54) is 30.0 Å². The summed E-state index contributed by atoms with van der Waals surface area (Å²) in [5.41, 5.74) is 0. The molecular formula is C17H22N4O2S2. The average molecular weight is 379 g/mol. The van der Waals surface area contributed by atoms with Gasteiger partial charge in [-0.05, 0) is 25.0 Å². The molecule has 2 heterocycles. The van der Waals surface area contributed by atoms with E-state index in [2.05, 4.69) is 33.9 Å². The van der Waals surface area contributed by atoms with E-state index in [0.717, 1.165) is 33.6 Å². The molecule has 6 nitrogen and oxygen atoms in total. The summed E-state index contributed by atoms with van der Waals surface area (Å²) >= 11 is 2.89. The van der Waals surface area contributed by atoms with Gasteiger partial charge in [-0.1, -0.05) is 25.6 Å². The Morgan fingerprint density at radius 3 is 2.76 bits per heavy atom. The normalized spacial score (nSPS) is 14.1. The third-order valence-electron chi connectivity index (χ3n) is 3.90. The van der Waals surface area contributed by atoms with E-state index >= 15 is 0 Å². The maximum Gasteiger partial charge on any atom is 0.217 e. The van der Waals surface area contributed by atoms with Crippen LogP contribution in [0.3, 0.4) is 0 Å². The molecule has 3 rings (SSSR count). The second kappa shape index (κ2) is 7.70. The van der Waals surface area contributed by atoms with Gasteiger partial charge in [0.25, 0.3) is 0 Å². The van der Waals surface area contributed by atoms with E-state index in [-0.39, 0.29) is 11.7 Å². The molecule has 1 saturated carbocycles. The van der Waals surface area contributed by atoms with Crippen molar-refractivity contribution in [3.05, 3.63) is 27.7 Å². The van der Waals surface area contributed by atoms with Crippen molar-refractivity contribution in [1.29, 1.82) is 0 Å². The SMILES string of the molecule is CC(=O)NCc1ccc(C(=O)CSc2nnc(C(C)C)n2C2CC2)s1. The molecule has 1 aliphatic carbocycles. The Balaban J connectivity index is 1.62. The molecule has 0 aromatic carbocycles. The molecule has 0 spiro atoms. The van der Waals surface area contributed by atoms with Crippen molar-refractivity contribution in [3.8, 4) is 0 Å². The highest BCUT2D eigenvalue weighted by molar-refractivity contribution is 7.99. The van der Waals surface area contributed by atoms with E-state index in [9.17, 15) is 9.59 Å². The molecule has 0 atom stereocenters. The third kappa shape index (κ3) is 4.49. The Labute approximate surface area is 155 Å². The first-order valence-electron chi connectivity index (χ1n) is 8.39. The Morgan fingerprint density at radius 2 is 2.12 bits per heavy atom. The van der Waals surface area contributed by atoms with E-state index in [1.54, 1.807) is 0 Å². The maximum absolute atomic E-state index is 12.5. The first kappa shape index (κ1) is 18.1. The lowest BCUT2D eigenvalue weighted by molar-refractivity contribution is -0.119. The van der Waals surface area contributed by atoms with Crippen LogP contribution in [0.2, 0.25) is 0 Å². The number of amides is 1. The van der Waals surface area contributed by atoms with Crippen LogP contribution in [-0.2, 0) is 11.3 Å². The molecule has 0 bridgehead atoms. The van der Waals surface area contributed by atoms with Gasteiger partial charge in [-0.2, -0.15) is 0 Å². The number of ketones is 1. The number of hydrogen-bond donors (Lipinski definition) is 1. The zero-order valence-corrected chi connectivity index (χ0v) is 16.2. The summed E-state index contributed by atoms with van der Waals surface area (Å²) in [6.07, 6.45) is 2.33. The molecule has 134 valence electrons. The summed E-state index contributed by atoms with van der Waals surface area (Å²) in [6.45, 7) is 6.18. The number of rotatable bonds is 8. The van der Waals surface area contributed by atoms with Gasteiger partial charge in [-0.25, -0.2) is 0 Å². The number of thioether (sulfide) groups is 1. The van der Waals surface area contributed by atoms with Crippen LogP contribution >= 0.6 is 23.1 Å². The topological polar surface area (TPSA) is 76.9 Å². The van der Waals surface area contributed by atoms with Crippen LogP contribution in [-0.4, -0.2) is 32.2 Å². The first-order chi connectivity index (χ1) is 12.0. The highest BCUT2D eigenvalue weighted by Crippen LogP contribution is 2.40. The molecule has 0 saturated heterocycles. The van der Waals surface area contributed by atoms with E-state index < -0.39 is 0 Å². The average Bonchev–Trinajstić information content (AvgIpc) is 3.13. The molecule has 0 aliphatic heterocycles. The zero-order valence-electron chi connectivity index (χ0n) is 14.6. The van der Waals surface area contributed by atoms with Gasteiger partial charge < -0.3 is 9.88 Å². The molecule has 2 aromatic rings. The quantitative estimate of drug-likeness (QED) is 0.563. The fourth-order valence-corrected chi connectivity index (χ4v) is 4.36. The summed E-state index contributed by atoms with van der Waals surface area (Å²) in [7, 11) is 0. The molecule has 1 N–H and O–H groups in total. The molecule has 0 unspecified atom stereocenters. The van der Waals surface area contributed by atoms with Gasteiger partial charge in [-0.15, -0.1) is 21.5 Å². The smallest absolute Gasteiger partial charge is 0.217 e. The Morgan fingerprint density at radius 1 is 1.36 bits per heavy atom. The highest BCUT2D eigenvalue weighted by atomic mass is 32.2. The number of aromatic nitrogens is 3. The van der Waals surface area contributed by atoms with Crippen LogP contribution in [0.15, 0.2) is 17.3 Å².